The predicted octanol–water partition coefficient (Wildman–Crippen LogP) is 1.34. The molecule has 0 saturated heterocycles. The zero-order chi connectivity index (χ0) is 15.1. The van der Waals surface area contributed by atoms with Gasteiger partial charge in [0.1, 0.15) is 11.5 Å². The Morgan fingerprint density at radius 3 is 3.00 bits per heavy atom. The highest BCUT2D eigenvalue weighted by atomic mass is 16.6. The van der Waals surface area contributed by atoms with Crippen LogP contribution in [0.15, 0.2) is 23.0 Å². The lowest BCUT2D eigenvalue weighted by Crippen LogP contribution is -2.40. The van der Waals surface area contributed by atoms with E-state index in [1.807, 2.05) is 6.92 Å². The molecule has 1 aliphatic heterocycles. The maximum absolute atomic E-state index is 12.1. The lowest BCUT2D eigenvalue weighted by Gasteiger charge is -2.27. The molecular formula is C15H15NO5. The first-order valence-corrected chi connectivity index (χ1v) is 6.72. The van der Waals surface area contributed by atoms with Gasteiger partial charge in [-0.1, -0.05) is 6.07 Å². The molecule has 2 aromatic rings. The van der Waals surface area contributed by atoms with Crippen LogP contribution < -0.4 is 10.3 Å². The number of aryl methyl sites for hydroxylation is 1. The van der Waals surface area contributed by atoms with Gasteiger partial charge < -0.3 is 19.1 Å². The molecular weight excluding hydrogens is 274 g/mol. The van der Waals surface area contributed by atoms with E-state index in [4.69, 9.17) is 9.47 Å². The lowest BCUT2D eigenvalue weighted by atomic mass is 10.1. The third kappa shape index (κ3) is 2.03. The van der Waals surface area contributed by atoms with Crippen molar-refractivity contribution in [1.82, 2.24) is 4.57 Å². The second-order valence-electron chi connectivity index (χ2n) is 4.94. The number of hydrogen-bond donors (Lipinski definition) is 1. The third-order valence-corrected chi connectivity index (χ3v) is 3.57. The number of esters is 1. The Morgan fingerprint density at radius 2 is 2.29 bits per heavy atom. The van der Waals surface area contributed by atoms with Crippen LogP contribution in [0.2, 0.25) is 0 Å². The second-order valence-corrected chi connectivity index (χ2v) is 4.94. The summed E-state index contributed by atoms with van der Waals surface area (Å²) in [4.78, 5) is 24.0. The summed E-state index contributed by atoms with van der Waals surface area (Å²) in [6.45, 7) is 3.87. The summed E-state index contributed by atoms with van der Waals surface area (Å²) in [6, 6.07) is 4.63. The van der Waals surface area contributed by atoms with Gasteiger partial charge in [-0.25, -0.2) is 4.79 Å². The molecule has 3 rings (SSSR count). The number of benzene rings is 1. The van der Waals surface area contributed by atoms with Crippen LogP contribution in [0.4, 0.5) is 0 Å². The third-order valence-electron chi connectivity index (χ3n) is 3.57. The molecule has 0 bridgehead atoms. The highest BCUT2D eigenvalue weighted by molar-refractivity contribution is 5.93. The average Bonchev–Trinajstić information content (AvgIpc) is 2.45. The van der Waals surface area contributed by atoms with E-state index in [1.165, 1.54) is 4.57 Å². The first-order chi connectivity index (χ1) is 10.0. The first-order valence-electron chi connectivity index (χ1n) is 6.72. The van der Waals surface area contributed by atoms with E-state index in [9.17, 15) is 14.7 Å². The molecule has 1 aromatic heterocycles. The summed E-state index contributed by atoms with van der Waals surface area (Å²) in [5.41, 5.74) is 0.975. The Kier molecular flexibility index (Phi) is 3.08. The fraction of sp³-hybridized carbons (Fsp3) is 0.333. The van der Waals surface area contributed by atoms with E-state index >= 15 is 0 Å². The summed E-state index contributed by atoms with van der Waals surface area (Å²) < 4.78 is 12.0. The van der Waals surface area contributed by atoms with Crippen LogP contribution in [0.1, 0.15) is 12.5 Å². The molecule has 1 unspecified atom stereocenters. The Hall–Kier alpha value is -2.50. The van der Waals surface area contributed by atoms with E-state index in [0.29, 0.717) is 16.7 Å². The molecule has 6 nitrogen and oxygen atoms in total. The summed E-state index contributed by atoms with van der Waals surface area (Å²) in [7, 11) is 0. The minimum absolute atomic E-state index is 0.0743. The normalized spacial score (nSPS) is 16.6. The van der Waals surface area contributed by atoms with Gasteiger partial charge in [0.25, 0.3) is 5.56 Å². The van der Waals surface area contributed by atoms with Crippen molar-refractivity contribution >= 4 is 16.9 Å². The minimum atomic E-state index is -0.856. The number of carbonyl (C=O) groups is 1. The van der Waals surface area contributed by atoms with E-state index in [2.05, 4.69) is 0 Å². The number of rotatable bonds is 2. The number of nitrogens with zero attached hydrogens (tertiary/aromatic N) is 1. The van der Waals surface area contributed by atoms with Crippen LogP contribution in [0, 0.1) is 6.92 Å². The fourth-order valence-electron chi connectivity index (χ4n) is 2.63. The number of ether oxygens (including phenoxy) is 2. The molecule has 0 saturated carbocycles. The number of carbonyl (C=O) groups excluding carboxylic acids is 1. The molecule has 0 aliphatic carbocycles. The number of pyridine rings is 1. The van der Waals surface area contributed by atoms with Crippen molar-refractivity contribution in [3.05, 3.63) is 34.1 Å². The highest BCUT2D eigenvalue weighted by Gasteiger charge is 2.30. The van der Waals surface area contributed by atoms with Crippen molar-refractivity contribution in [2.75, 3.05) is 6.61 Å². The summed E-state index contributed by atoms with van der Waals surface area (Å²) in [5.74, 6) is -0.187. The Morgan fingerprint density at radius 1 is 1.52 bits per heavy atom. The van der Waals surface area contributed by atoms with Crippen LogP contribution in [0.25, 0.3) is 10.9 Å². The molecule has 0 amide bonds. The topological polar surface area (TPSA) is 77.8 Å². The van der Waals surface area contributed by atoms with Crippen molar-refractivity contribution in [2.24, 2.45) is 0 Å². The van der Waals surface area contributed by atoms with Crippen molar-refractivity contribution < 1.29 is 19.4 Å². The first kappa shape index (κ1) is 13.5. The molecule has 6 heteroatoms. The summed E-state index contributed by atoms with van der Waals surface area (Å²) in [6.07, 6.45) is -0.856. The van der Waals surface area contributed by atoms with Gasteiger partial charge in [-0.2, -0.15) is 0 Å². The van der Waals surface area contributed by atoms with E-state index < -0.39 is 12.1 Å². The number of hydrogen-bond acceptors (Lipinski definition) is 5. The average molecular weight is 289 g/mol. The van der Waals surface area contributed by atoms with Gasteiger partial charge in [0, 0.05) is 11.5 Å². The molecule has 2 heterocycles. The molecule has 1 aromatic carbocycles. The van der Waals surface area contributed by atoms with Crippen molar-refractivity contribution in [1.29, 1.82) is 0 Å². The molecule has 0 spiro atoms. The van der Waals surface area contributed by atoms with Gasteiger partial charge in [-0.15, -0.1) is 0 Å². The van der Waals surface area contributed by atoms with Crippen LogP contribution in [0.3, 0.4) is 0 Å². The van der Waals surface area contributed by atoms with Crippen molar-refractivity contribution in [3.8, 4) is 11.5 Å². The lowest BCUT2D eigenvalue weighted by molar-refractivity contribution is -0.152. The molecule has 1 aliphatic rings. The van der Waals surface area contributed by atoms with Crippen LogP contribution >= 0.6 is 0 Å². The second kappa shape index (κ2) is 4.80. The van der Waals surface area contributed by atoms with Crippen LogP contribution in [-0.2, 0) is 16.1 Å². The quantitative estimate of drug-likeness (QED) is 0.844. The van der Waals surface area contributed by atoms with E-state index in [0.717, 1.165) is 11.6 Å². The monoisotopic (exact) mass is 289 g/mol. The predicted molar refractivity (Wildman–Crippen MR) is 75.7 cm³/mol. The zero-order valence-electron chi connectivity index (χ0n) is 11.8. The standard InChI is InChI=1S/C15H15NO5/c1-3-20-15(19)11-7-16-12(18)6-9(17)13-8(2)4-5-10(21-11)14(13)16/h4-6,11,17H,3,7H2,1-2H3. The van der Waals surface area contributed by atoms with Crippen molar-refractivity contribution in [3.63, 3.8) is 0 Å². The van der Waals surface area contributed by atoms with Gasteiger partial charge in [0.15, 0.2) is 0 Å². The highest BCUT2D eigenvalue weighted by Crippen LogP contribution is 2.35. The van der Waals surface area contributed by atoms with Gasteiger partial charge in [0.2, 0.25) is 6.10 Å². The van der Waals surface area contributed by atoms with E-state index in [-0.39, 0.29) is 24.5 Å². The van der Waals surface area contributed by atoms with Gasteiger partial charge in [0.05, 0.1) is 18.7 Å². The Bertz CT molecular complexity index is 793. The Balaban J connectivity index is 2.21. The largest absolute Gasteiger partial charge is 0.507 e. The number of aromatic nitrogens is 1. The molecule has 1 N–H and O–H groups in total. The summed E-state index contributed by atoms with van der Waals surface area (Å²) in [5, 5.41) is 10.6. The zero-order valence-corrected chi connectivity index (χ0v) is 11.8. The number of aromatic hydroxyl groups is 1. The summed E-state index contributed by atoms with van der Waals surface area (Å²) >= 11 is 0. The smallest absolute Gasteiger partial charge is 0.349 e. The van der Waals surface area contributed by atoms with Crippen LogP contribution in [0.5, 0.6) is 11.5 Å². The maximum Gasteiger partial charge on any atom is 0.349 e. The molecule has 0 radical (unpaired) electrons. The van der Waals surface area contributed by atoms with Gasteiger partial charge in [-0.3, -0.25) is 4.79 Å². The molecule has 110 valence electrons. The minimum Gasteiger partial charge on any atom is -0.507 e. The van der Waals surface area contributed by atoms with Gasteiger partial charge >= 0.3 is 5.97 Å². The van der Waals surface area contributed by atoms with E-state index in [1.54, 1.807) is 19.1 Å². The maximum atomic E-state index is 12.1. The fourth-order valence-corrected chi connectivity index (χ4v) is 2.63. The van der Waals surface area contributed by atoms with Crippen LogP contribution in [-0.4, -0.2) is 28.4 Å². The molecule has 21 heavy (non-hydrogen) atoms. The van der Waals surface area contributed by atoms with Gasteiger partial charge in [-0.05, 0) is 25.5 Å². The molecule has 0 fully saturated rings. The SMILES string of the molecule is CCOC(=O)C1Cn2c(=O)cc(O)c3c(C)ccc(c32)O1. The van der Waals surface area contributed by atoms with Crippen molar-refractivity contribution in [2.45, 2.75) is 26.5 Å². The Labute approximate surface area is 120 Å². The molecule has 1 atom stereocenters.